The van der Waals surface area contributed by atoms with Crippen LogP contribution in [0.25, 0.3) is 44.4 Å². The molecule has 0 radical (unpaired) electrons. The van der Waals surface area contributed by atoms with Crippen LogP contribution < -0.4 is 4.74 Å². The summed E-state index contributed by atoms with van der Waals surface area (Å²) in [5.74, 6) is 1.85. The summed E-state index contributed by atoms with van der Waals surface area (Å²) in [6.45, 7) is 3.91. The van der Waals surface area contributed by atoms with Crippen LogP contribution in [0, 0.1) is 48.6 Å². The summed E-state index contributed by atoms with van der Waals surface area (Å²) in [4.78, 5) is 4.64. The second-order valence-corrected chi connectivity index (χ2v) is 10.3. The Balaban J connectivity index is 0.00000343. The van der Waals surface area contributed by atoms with Crippen molar-refractivity contribution in [2.45, 2.75) is 13.8 Å². The fourth-order valence-corrected chi connectivity index (χ4v) is 5.42. The van der Waals surface area contributed by atoms with E-state index in [0.717, 1.165) is 38.8 Å². The molecule has 7 rings (SSSR count). The number of benzene rings is 4. The van der Waals surface area contributed by atoms with Crippen molar-refractivity contribution in [1.29, 1.82) is 10.5 Å². The van der Waals surface area contributed by atoms with Crippen LogP contribution in [0.5, 0.6) is 11.5 Å². The van der Waals surface area contributed by atoms with Gasteiger partial charge < -0.3 is 9.30 Å². The third-order valence-electron chi connectivity index (χ3n) is 7.30. The number of ether oxygens (including phenoxy) is 1. The van der Waals surface area contributed by atoms with Crippen molar-refractivity contribution >= 4 is 21.8 Å². The average Bonchev–Trinajstić information content (AvgIpc) is 3.64. The van der Waals surface area contributed by atoms with Crippen molar-refractivity contribution in [3.05, 3.63) is 132 Å². The van der Waals surface area contributed by atoms with Crippen LogP contribution in [-0.2, 0) is 21.1 Å². The minimum Gasteiger partial charge on any atom is -0.509 e. The number of nitrogens with zero attached hydrogens (tertiary/aromatic N) is 6. The number of aromatic nitrogens is 4. The summed E-state index contributed by atoms with van der Waals surface area (Å²) < 4.78 is 10.0. The molecule has 0 N–H and O–H groups in total. The Bertz CT molecular complexity index is 2250. The molecule has 44 heavy (non-hydrogen) atoms. The SMILES string of the molecule is Cc1ccnc(-n2c3[c-]c(Oc4[c-]c(-n5cc(-c6c(C#N)cc(C)cc6C#N)cn5)ccc4)ccc3c3ccccc32)c1.[Pt+2]. The van der Waals surface area contributed by atoms with Gasteiger partial charge in [0.25, 0.3) is 0 Å². The standard InChI is InChI=1S/C36H22N6O.Pt/c1-23-12-13-39-35(16-23)42-33-9-4-3-8-31(33)32-11-10-30(18-34(32)42)43-29-7-5-6-28(17-29)41-22-27(21-40-41)36-25(19-37)14-24(2)15-26(36)20-38;/h3-16,21-22H,1-2H3;/q-2;+2. The van der Waals surface area contributed by atoms with E-state index in [0.29, 0.717) is 39.4 Å². The van der Waals surface area contributed by atoms with Crippen molar-refractivity contribution in [3.63, 3.8) is 0 Å². The van der Waals surface area contributed by atoms with E-state index in [4.69, 9.17) is 4.74 Å². The summed E-state index contributed by atoms with van der Waals surface area (Å²) in [6, 6.07) is 36.5. The molecule has 0 unspecified atom stereocenters. The molecule has 0 amide bonds. The van der Waals surface area contributed by atoms with E-state index in [1.54, 1.807) is 29.2 Å². The smallest absolute Gasteiger partial charge is 0.509 e. The van der Waals surface area contributed by atoms with Crippen LogP contribution in [0.15, 0.2) is 97.5 Å². The van der Waals surface area contributed by atoms with Crippen molar-refractivity contribution in [3.8, 4) is 46.3 Å². The third kappa shape index (κ3) is 5.05. The summed E-state index contributed by atoms with van der Waals surface area (Å²) in [6.07, 6.45) is 5.24. The molecule has 0 aliphatic rings. The topological polar surface area (TPSA) is 92.5 Å². The maximum absolute atomic E-state index is 9.71. The molecule has 0 bridgehead atoms. The summed E-state index contributed by atoms with van der Waals surface area (Å²) in [7, 11) is 0. The fourth-order valence-electron chi connectivity index (χ4n) is 5.42. The molecule has 0 spiro atoms. The van der Waals surface area contributed by atoms with Gasteiger partial charge in [0.05, 0.1) is 29.5 Å². The number of nitriles is 2. The molecule has 0 saturated heterocycles. The molecule has 0 atom stereocenters. The fraction of sp³-hybridized carbons (Fsp3) is 0.0556. The molecular weight excluding hydrogens is 728 g/mol. The van der Waals surface area contributed by atoms with Crippen molar-refractivity contribution in [2.75, 3.05) is 0 Å². The van der Waals surface area contributed by atoms with Crippen LogP contribution >= 0.6 is 0 Å². The number of aryl methyl sites for hydroxylation is 2. The van der Waals surface area contributed by atoms with E-state index in [9.17, 15) is 10.5 Å². The first-order valence-corrected chi connectivity index (χ1v) is 13.6. The van der Waals surface area contributed by atoms with Crippen LogP contribution in [0.4, 0.5) is 0 Å². The van der Waals surface area contributed by atoms with Gasteiger partial charge in [-0.3, -0.25) is 4.68 Å². The molecule has 0 saturated carbocycles. The predicted molar refractivity (Wildman–Crippen MR) is 164 cm³/mol. The molecule has 7 nitrogen and oxygen atoms in total. The molecular formula is C36H22N6OPt. The van der Waals surface area contributed by atoms with Gasteiger partial charge in [0.1, 0.15) is 5.82 Å². The Morgan fingerprint density at radius 1 is 0.795 bits per heavy atom. The molecule has 212 valence electrons. The summed E-state index contributed by atoms with van der Waals surface area (Å²) >= 11 is 0. The number of hydrogen-bond donors (Lipinski definition) is 0. The van der Waals surface area contributed by atoms with E-state index < -0.39 is 0 Å². The first-order chi connectivity index (χ1) is 21.0. The largest absolute Gasteiger partial charge is 2.00 e. The summed E-state index contributed by atoms with van der Waals surface area (Å²) in [5.41, 5.74) is 6.62. The van der Waals surface area contributed by atoms with Gasteiger partial charge in [-0.15, -0.1) is 35.7 Å². The zero-order valence-corrected chi connectivity index (χ0v) is 25.9. The van der Waals surface area contributed by atoms with Crippen molar-refractivity contribution in [1.82, 2.24) is 19.3 Å². The van der Waals surface area contributed by atoms with Crippen LogP contribution in [0.3, 0.4) is 0 Å². The first kappa shape index (κ1) is 28.6. The van der Waals surface area contributed by atoms with Crippen LogP contribution in [-0.4, -0.2) is 19.3 Å². The second-order valence-electron chi connectivity index (χ2n) is 10.3. The molecule has 3 heterocycles. The van der Waals surface area contributed by atoms with Gasteiger partial charge in [0.15, 0.2) is 0 Å². The third-order valence-corrected chi connectivity index (χ3v) is 7.30. The predicted octanol–water partition coefficient (Wildman–Crippen LogP) is 7.78. The molecule has 0 aliphatic carbocycles. The van der Waals surface area contributed by atoms with E-state index in [2.05, 4.69) is 57.1 Å². The van der Waals surface area contributed by atoms with Gasteiger partial charge in [-0.25, -0.2) is 4.98 Å². The van der Waals surface area contributed by atoms with Gasteiger partial charge in [-0.05, 0) is 66.4 Å². The van der Waals surface area contributed by atoms with Gasteiger partial charge in [0, 0.05) is 40.5 Å². The minimum atomic E-state index is 0. The number of rotatable bonds is 5. The Morgan fingerprint density at radius 3 is 2.34 bits per heavy atom. The average molecular weight is 750 g/mol. The monoisotopic (exact) mass is 749 g/mol. The first-order valence-electron chi connectivity index (χ1n) is 13.6. The molecule has 8 heteroatoms. The Hall–Kier alpha value is -5.49. The van der Waals surface area contributed by atoms with Gasteiger partial charge in [-0.2, -0.15) is 27.8 Å². The number of hydrogen-bond acceptors (Lipinski definition) is 5. The minimum absolute atomic E-state index is 0. The zero-order chi connectivity index (χ0) is 29.5. The molecule has 4 aromatic carbocycles. The maximum Gasteiger partial charge on any atom is 2.00 e. The molecule has 3 aromatic heterocycles. The number of fused-ring (bicyclic) bond motifs is 3. The normalized spacial score (nSPS) is 10.7. The van der Waals surface area contributed by atoms with Gasteiger partial charge in [0.2, 0.25) is 0 Å². The maximum atomic E-state index is 9.71. The van der Waals surface area contributed by atoms with Gasteiger partial charge >= 0.3 is 21.1 Å². The van der Waals surface area contributed by atoms with Gasteiger partial charge in [-0.1, -0.05) is 23.7 Å². The van der Waals surface area contributed by atoms with E-state index in [1.165, 1.54) is 0 Å². The van der Waals surface area contributed by atoms with Crippen molar-refractivity contribution in [2.24, 2.45) is 0 Å². The summed E-state index contributed by atoms with van der Waals surface area (Å²) in [5, 5.41) is 26.1. The van der Waals surface area contributed by atoms with E-state index in [1.807, 2.05) is 68.6 Å². The molecule has 7 aromatic rings. The quantitative estimate of drug-likeness (QED) is 0.168. The molecule has 0 aliphatic heterocycles. The van der Waals surface area contributed by atoms with E-state index in [-0.39, 0.29) is 21.1 Å². The second kappa shape index (κ2) is 11.6. The van der Waals surface area contributed by atoms with Crippen molar-refractivity contribution < 1.29 is 25.8 Å². The molecule has 0 fully saturated rings. The van der Waals surface area contributed by atoms with Crippen LogP contribution in [0.2, 0.25) is 0 Å². The number of para-hydroxylation sites is 1. The van der Waals surface area contributed by atoms with Crippen LogP contribution in [0.1, 0.15) is 22.3 Å². The Kier molecular flexibility index (Phi) is 7.58. The Morgan fingerprint density at radius 2 is 1.57 bits per heavy atom. The van der Waals surface area contributed by atoms with E-state index >= 15 is 0 Å². The number of pyridine rings is 1. The zero-order valence-electron chi connectivity index (χ0n) is 23.6. The Labute approximate surface area is 268 Å².